The largest absolute Gasteiger partial charge is 0.388 e. The summed E-state index contributed by atoms with van der Waals surface area (Å²) >= 11 is 0. The molecule has 0 aliphatic heterocycles. The smallest absolute Gasteiger partial charge is 0.203 e. The highest BCUT2D eigenvalue weighted by atomic mass is 16.1. The molecule has 0 aromatic carbocycles. The van der Waals surface area contributed by atoms with Crippen molar-refractivity contribution in [3.05, 3.63) is 64.5 Å². The van der Waals surface area contributed by atoms with Crippen molar-refractivity contribution in [1.82, 2.24) is 24.9 Å². The summed E-state index contributed by atoms with van der Waals surface area (Å²) in [6.45, 7) is 4.15. The number of hydrogen-bond donors (Lipinski definition) is 1. The maximum Gasteiger partial charge on any atom is 0.203 e. The van der Waals surface area contributed by atoms with Gasteiger partial charge in [-0.1, -0.05) is 12.2 Å². The molecule has 1 atom stereocenters. The fraction of sp³-hybridized carbons (Fsp3) is 0.389. The molecule has 6 nitrogen and oxygen atoms in total. The van der Waals surface area contributed by atoms with E-state index in [4.69, 9.17) is 0 Å². The number of likely N-dealkylation sites (N-methyl/N-ethyl adjacent to an activating group) is 1. The van der Waals surface area contributed by atoms with Crippen LogP contribution in [-0.4, -0.2) is 26.6 Å². The molecule has 2 aromatic rings. The molecule has 1 aliphatic rings. The minimum Gasteiger partial charge on any atom is -0.388 e. The maximum absolute atomic E-state index is 12.2. The van der Waals surface area contributed by atoms with Crippen molar-refractivity contribution in [2.45, 2.75) is 32.7 Å². The molecule has 0 fully saturated rings. The molecule has 0 amide bonds. The third kappa shape index (κ3) is 3.48. The maximum atomic E-state index is 12.2. The van der Waals surface area contributed by atoms with E-state index in [0.717, 1.165) is 17.8 Å². The molecule has 0 bridgehead atoms. The van der Waals surface area contributed by atoms with Crippen molar-refractivity contribution in [3.8, 4) is 5.69 Å². The summed E-state index contributed by atoms with van der Waals surface area (Å²) in [7, 11) is 1.90. The van der Waals surface area contributed by atoms with Crippen molar-refractivity contribution in [1.29, 1.82) is 0 Å². The Morgan fingerprint density at radius 2 is 2.25 bits per heavy atom. The zero-order chi connectivity index (χ0) is 17.1. The molecule has 0 saturated heterocycles. The van der Waals surface area contributed by atoms with Gasteiger partial charge in [0.2, 0.25) is 5.43 Å². The lowest BCUT2D eigenvalue weighted by Crippen LogP contribution is -2.20. The lowest BCUT2D eigenvalue weighted by Gasteiger charge is -2.16. The van der Waals surface area contributed by atoms with E-state index in [-0.39, 0.29) is 17.4 Å². The van der Waals surface area contributed by atoms with Gasteiger partial charge in [0.15, 0.2) is 0 Å². The Labute approximate surface area is 141 Å². The lowest BCUT2D eigenvalue weighted by molar-refractivity contribution is 0.532. The van der Waals surface area contributed by atoms with Gasteiger partial charge in [-0.15, -0.1) is 0 Å². The molecular formula is C18H23N5O. The zero-order valence-corrected chi connectivity index (χ0v) is 14.3. The molecule has 1 N–H and O–H groups in total. The van der Waals surface area contributed by atoms with E-state index in [1.54, 1.807) is 23.1 Å². The molecule has 0 saturated carbocycles. The Bertz CT molecular complexity index is 828. The van der Waals surface area contributed by atoms with Crippen molar-refractivity contribution >= 4 is 0 Å². The van der Waals surface area contributed by atoms with Gasteiger partial charge in [0.1, 0.15) is 11.4 Å². The van der Waals surface area contributed by atoms with Crippen LogP contribution in [0.1, 0.15) is 32.0 Å². The van der Waals surface area contributed by atoms with E-state index < -0.39 is 0 Å². The van der Waals surface area contributed by atoms with Crippen molar-refractivity contribution in [2.24, 2.45) is 5.92 Å². The zero-order valence-electron chi connectivity index (χ0n) is 14.3. The lowest BCUT2D eigenvalue weighted by atomic mass is 9.94. The highest BCUT2D eigenvalue weighted by Crippen LogP contribution is 2.18. The minimum atomic E-state index is -0.0172. The Hall–Kier alpha value is -2.63. The van der Waals surface area contributed by atoms with Gasteiger partial charge in [-0.2, -0.15) is 10.2 Å². The van der Waals surface area contributed by atoms with E-state index >= 15 is 0 Å². The summed E-state index contributed by atoms with van der Waals surface area (Å²) in [4.78, 5) is 12.2. The van der Waals surface area contributed by atoms with Crippen molar-refractivity contribution in [3.63, 3.8) is 0 Å². The fourth-order valence-corrected chi connectivity index (χ4v) is 2.77. The average molecular weight is 325 g/mol. The van der Waals surface area contributed by atoms with Crippen LogP contribution in [0.2, 0.25) is 0 Å². The Kier molecular flexibility index (Phi) is 4.64. The van der Waals surface area contributed by atoms with E-state index in [9.17, 15) is 4.79 Å². The Balaban J connectivity index is 1.85. The summed E-state index contributed by atoms with van der Waals surface area (Å²) in [6.07, 6.45) is 13.3. The summed E-state index contributed by atoms with van der Waals surface area (Å²) in [5.41, 5.74) is 2.51. The van der Waals surface area contributed by atoms with Gasteiger partial charge in [0.05, 0.1) is 12.4 Å². The van der Waals surface area contributed by atoms with Gasteiger partial charge >= 0.3 is 0 Å². The first-order valence-corrected chi connectivity index (χ1v) is 8.26. The quantitative estimate of drug-likeness (QED) is 0.915. The number of hydrogen-bond acceptors (Lipinski definition) is 4. The van der Waals surface area contributed by atoms with Crippen LogP contribution >= 0.6 is 0 Å². The molecule has 6 heteroatoms. The Morgan fingerprint density at radius 1 is 1.42 bits per heavy atom. The van der Waals surface area contributed by atoms with Crippen LogP contribution in [0.15, 0.2) is 53.4 Å². The topological polar surface area (TPSA) is 64.7 Å². The summed E-state index contributed by atoms with van der Waals surface area (Å²) in [6, 6.07) is 1.87. The predicted molar refractivity (Wildman–Crippen MR) is 94.1 cm³/mol. The molecule has 1 aliphatic carbocycles. The molecule has 126 valence electrons. The minimum absolute atomic E-state index is 0.0172. The van der Waals surface area contributed by atoms with E-state index in [2.05, 4.69) is 47.6 Å². The van der Waals surface area contributed by atoms with Crippen LogP contribution in [0.4, 0.5) is 0 Å². The fourth-order valence-electron chi connectivity index (χ4n) is 2.77. The van der Waals surface area contributed by atoms with Crippen LogP contribution in [0.3, 0.4) is 0 Å². The van der Waals surface area contributed by atoms with Gasteiger partial charge in [-0.3, -0.25) is 9.48 Å². The van der Waals surface area contributed by atoms with Crippen molar-refractivity contribution in [2.75, 3.05) is 7.05 Å². The van der Waals surface area contributed by atoms with Crippen LogP contribution < -0.4 is 10.7 Å². The third-order valence-corrected chi connectivity index (χ3v) is 4.16. The predicted octanol–water partition coefficient (Wildman–Crippen LogP) is 2.23. The molecule has 2 heterocycles. The standard InChI is InChI=1S/C18H23N5O/c1-13(2)23-12-16(11-20-23)22-8-7-18(24)17(21-22)10-14-5-4-6-15(9-14)19-3/h4,6-9,11-14,19H,5,10H2,1-3H3. The molecular weight excluding hydrogens is 302 g/mol. The summed E-state index contributed by atoms with van der Waals surface area (Å²) < 4.78 is 3.60. The normalized spacial score (nSPS) is 17.2. The highest BCUT2D eigenvalue weighted by Gasteiger charge is 2.14. The summed E-state index contributed by atoms with van der Waals surface area (Å²) in [5, 5.41) is 12.0. The van der Waals surface area contributed by atoms with Gasteiger partial charge < -0.3 is 5.32 Å². The van der Waals surface area contributed by atoms with Crippen molar-refractivity contribution < 1.29 is 0 Å². The highest BCUT2D eigenvalue weighted by molar-refractivity contribution is 5.26. The average Bonchev–Trinajstić information content (AvgIpc) is 3.07. The summed E-state index contributed by atoms with van der Waals surface area (Å²) in [5.74, 6) is 0.284. The number of aromatic nitrogens is 4. The molecule has 0 spiro atoms. The number of allylic oxidation sites excluding steroid dienone is 3. The molecule has 24 heavy (non-hydrogen) atoms. The van der Waals surface area contributed by atoms with Gasteiger partial charge in [-0.25, -0.2) is 4.68 Å². The first kappa shape index (κ1) is 16.2. The van der Waals surface area contributed by atoms with Crippen LogP contribution in [0.25, 0.3) is 5.69 Å². The van der Waals surface area contributed by atoms with E-state index in [0.29, 0.717) is 12.1 Å². The van der Waals surface area contributed by atoms with Crippen LogP contribution in [-0.2, 0) is 6.42 Å². The number of nitrogens with one attached hydrogen (secondary N) is 1. The Morgan fingerprint density at radius 3 is 2.96 bits per heavy atom. The monoisotopic (exact) mass is 325 g/mol. The first-order valence-electron chi connectivity index (χ1n) is 8.26. The third-order valence-electron chi connectivity index (χ3n) is 4.16. The number of rotatable bonds is 5. The molecule has 2 aromatic heterocycles. The van der Waals surface area contributed by atoms with Crippen LogP contribution in [0, 0.1) is 5.92 Å². The van der Waals surface area contributed by atoms with Gasteiger partial charge in [0.25, 0.3) is 0 Å². The first-order chi connectivity index (χ1) is 11.6. The molecule has 1 unspecified atom stereocenters. The second-order valence-corrected chi connectivity index (χ2v) is 6.32. The molecule has 0 radical (unpaired) electrons. The van der Waals surface area contributed by atoms with Crippen LogP contribution in [0.5, 0.6) is 0 Å². The SMILES string of the molecule is CNC1=CC(Cc2nn(-c3cnn(C(C)C)c3)ccc2=O)CC=C1. The van der Waals surface area contributed by atoms with E-state index in [1.165, 1.54) is 0 Å². The van der Waals surface area contributed by atoms with Gasteiger partial charge in [0, 0.05) is 37.5 Å². The van der Waals surface area contributed by atoms with E-state index in [1.807, 2.05) is 17.9 Å². The second kappa shape index (κ2) is 6.86. The van der Waals surface area contributed by atoms with Gasteiger partial charge in [-0.05, 0) is 32.3 Å². The molecule has 3 rings (SSSR count). The number of nitrogens with zero attached hydrogens (tertiary/aromatic N) is 4. The second-order valence-electron chi connectivity index (χ2n) is 6.32.